The summed E-state index contributed by atoms with van der Waals surface area (Å²) < 4.78 is 0. The first-order chi connectivity index (χ1) is 7.03. The highest BCUT2D eigenvalue weighted by molar-refractivity contribution is 5.91. The quantitative estimate of drug-likeness (QED) is 0.470. The van der Waals surface area contributed by atoms with Crippen LogP contribution in [0.3, 0.4) is 0 Å². The molecule has 0 aliphatic rings. The topological polar surface area (TPSA) is 46.5 Å². The van der Waals surface area contributed by atoms with Crippen LogP contribution in [-0.4, -0.2) is 11.2 Å². The van der Waals surface area contributed by atoms with Crippen molar-refractivity contribution in [2.75, 3.05) is 0 Å². The van der Waals surface area contributed by atoms with Crippen molar-refractivity contribution < 1.29 is 14.9 Å². The third kappa shape index (κ3) is 2.25. The van der Waals surface area contributed by atoms with Crippen LogP contribution in [0.5, 0.6) is 0 Å². The van der Waals surface area contributed by atoms with Gasteiger partial charge in [0.1, 0.15) is 0 Å². The maximum absolute atomic E-state index is 11.3. The van der Waals surface area contributed by atoms with Crippen LogP contribution in [0.1, 0.15) is 29.8 Å². The molecule has 1 N–H and O–H groups in total. The van der Waals surface area contributed by atoms with Crippen LogP contribution in [-0.2, 0) is 10.3 Å². The van der Waals surface area contributed by atoms with Gasteiger partial charge in [-0.25, -0.2) is 4.79 Å². The van der Waals surface area contributed by atoms with Crippen LogP contribution < -0.4 is 0 Å². The highest BCUT2D eigenvalue weighted by Crippen LogP contribution is 2.27. The predicted molar refractivity (Wildman–Crippen MR) is 57.7 cm³/mol. The molecule has 0 aliphatic carbocycles. The summed E-state index contributed by atoms with van der Waals surface area (Å²) in [4.78, 5) is 15.0. The van der Waals surface area contributed by atoms with E-state index in [0.717, 1.165) is 5.56 Å². The number of benzene rings is 1. The molecule has 0 aromatic heterocycles. The SMILES string of the molecule is C=CC(C)(C)c1ccccc1C(=O)OO. The van der Waals surface area contributed by atoms with Crippen molar-refractivity contribution in [3.63, 3.8) is 0 Å². The zero-order valence-electron chi connectivity index (χ0n) is 8.86. The minimum atomic E-state index is -0.750. The minimum absolute atomic E-state index is 0.342. The van der Waals surface area contributed by atoms with E-state index in [1.54, 1.807) is 18.2 Å². The fraction of sp³-hybridized carbons (Fsp3) is 0.250. The van der Waals surface area contributed by atoms with Gasteiger partial charge in [-0.1, -0.05) is 38.1 Å². The fourth-order valence-corrected chi connectivity index (χ4v) is 1.38. The average Bonchev–Trinajstić information content (AvgIpc) is 2.28. The van der Waals surface area contributed by atoms with E-state index in [1.165, 1.54) is 0 Å². The van der Waals surface area contributed by atoms with Crippen molar-refractivity contribution in [1.29, 1.82) is 0 Å². The molecule has 80 valence electrons. The summed E-state index contributed by atoms with van der Waals surface area (Å²) in [5, 5.41) is 8.38. The molecule has 3 heteroatoms. The molecule has 0 atom stereocenters. The molecule has 1 aromatic carbocycles. The molecular weight excluding hydrogens is 192 g/mol. The Labute approximate surface area is 88.9 Å². The van der Waals surface area contributed by atoms with Crippen molar-refractivity contribution in [3.05, 3.63) is 48.0 Å². The van der Waals surface area contributed by atoms with E-state index in [2.05, 4.69) is 11.5 Å². The van der Waals surface area contributed by atoms with E-state index in [1.807, 2.05) is 26.0 Å². The first-order valence-corrected chi connectivity index (χ1v) is 4.62. The monoisotopic (exact) mass is 206 g/mol. The lowest BCUT2D eigenvalue weighted by molar-refractivity contribution is -0.182. The molecule has 0 bridgehead atoms. The number of rotatable bonds is 3. The standard InChI is InChI=1S/C12H14O3/c1-4-12(2,3)10-8-6-5-7-9(10)11(13)15-14/h4-8,14H,1H2,2-3H3. The number of carbonyl (C=O) groups is 1. The Morgan fingerprint density at radius 3 is 2.60 bits per heavy atom. The van der Waals surface area contributed by atoms with Crippen LogP contribution in [0.15, 0.2) is 36.9 Å². The van der Waals surface area contributed by atoms with Gasteiger partial charge in [0.25, 0.3) is 0 Å². The zero-order chi connectivity index (χ0) is 11.5. The molecule has 15 heavy (non-hydrogen) atoms. The molecule has 0 amide bonds. The molecule has 0 fully saturated rings. The van der Waals surface area contributed by atoms with Crippen molar-refractivity contribution in [2.24, 2.45) is 0 Å². The summed E-state index contributed by atoms with van der Waals surface area (Å²) in [6.45, 7) is 7.59. The van der Waals surface area contributed by atoms with Gasteiger partial charge in [-0.15, -0.1) is 6.58 Å². The Hall–Kier alpha value is -1.61. The van der Waals surface area contributed by atoms with E-state index in [-0.39, 0.29) is 5.41 Å². The Morgan fingerprint density at radius 1 is 1.47 bits per heavy atom. The van der Waals surface area contributed by atoms with Gasteiger partial charge < -0.3 is 0 Å². The van der Waals surface area contributed by atoms with Crippen LogP contribution in [0.4, 0.5) is 0 Å². The number of hydrogen-bond acceptors (Lipinski definition) is 3. The highest BCUT2D eigenvalue weighted by Gasteiger charge is 2.23. The maximum Gasteiger partial charge on any atom is 0.373 e. The molecule has 1 aromatic rings. The van der Waals surface area contributed by atoms with Gasteiger partial charge >= 0.3 is 5.97 Å². The Morgan fingerprint density at radius 2 is 2.07 bits per heavy atom. The summed E-state index contributed by atoms with van der Waals surface area (Å²) in [6.07, 6.45) is 1.75. The minimum Gasteiger partial charge on any atom is -0.295 e. The first kappa shape index (κ1) is 11.5. The van der Waals surface area contributed by atoms with Gasteiger partial charge in [0.15, 0.2) is 0 Å². The number of allylic oxidation sites excluding steroid dienone is 1. The second-order valence-corrected chi connectivity index (χ2v) is 3.85. The second kappa shape index (κ2) is 4.28. The maximum atomic E-state index is 11.3. The van der Waals surface area contributed by atoms with Crippen LogP contribution in [0.25, 0.3) is 0 Å². The summed E-state index contributed by atoms with van der Waals surface area (Å²) in [7, 11) is 0. The lowest BCUT2D eigenvalue weighted by atomic mass is 9.82. The smallest absolute Gasteiger partial charge is 0.295 e. The average molecular weight is 206 g/mol. The van der Waals surface area contributed by atoms with Crippen molar-refractivity contribution in [1.82, 2.24) is 0 Å². The lowest BCUT2D eigenvalue weighted by Crippen LogP contribution is -2.18. The summed E-state index contributed by atoms with van der Waals surface area (Å²) in [5.74, 6) is -0.750. The molecular formula is C12H14O3. The Balaban J connectivity index is 3.29. The molecule has 0 aliphatic heterocycles. The van der Waals surface area contributed by atoms with E-state index in [0.29, 0.717) is 5.56 Å². The van der Waals surface area contributed by atoms with Gasteiger partial charge in [0.2, 0.25) is 0 Å². The zero-order valence-corrected chi connectivity index (χ0v) is 8.86. The van der Waals surface area contributed by atoms with Gasteiger partial charge in [0, 0.05) is 5.41 Å². The van der Waals surface area contributed by atoms with Crippen molar-refractivity contribution >= 4 is 5.97 Å². The van der Waals surface area contributed by atoms with Gasteiger partial charge in [-0.3, -0.25) is 4.89 Å². The normalized spacial score (nSPS) is 10.9. The van der Waals surface area contributed by atoms with E-state index >= 15 is 0 Å². The van der Waals surface area contributed by atoms with E-state index in [9.17, 15) is 4.79 Å². The first-order valence-electron chi connectivity index (χ1n) is 4.62. The number of hydrogen-bond donors (Lipinski definition) is 1. The highest BCUT2D eigenvalue weighted by atomic mass is 17.1. The third-order valence-corrected chi connectivity index (χ3v) is 2.43. The Kier molecular flexibility index (Phi) is 3.27. The molecule has 1 rings (SSSR count). The van der Waals surface area contributed by atoms with Gasteiger partial charge in [-0.2, -0.15) is 5.26 Å². The van der Waals surface area contributed by atoms with Crippen LogP contribution in [0.2, 0.25) is 0 Å². The van der Waals surface area contributed by atoms with E-state index in [4.69, 9.17) is 5.26 Å². The molecule has 0 spiro atoms. The summed E-state index contributed by atoms with van der Waals surface area (Å²) in [5.41, 5.74) is 0.786. The molecule has 3 nitrogen and oxygen atoms in total. The van der Waals surface area contributed by atoms with Crippen LogP contribution in [0, 0.1) is 0 Å². The Bertz CT molecular complexity index is 380. The fourth-order valence-electron chi connectivity index (χ4n) is 1.38. The molecule has 0 heterocycles. The third-order valence-electron chi connectivity index (χ3n) is 2.43. The summed E-state index contributed by atoms with van der Waals surface area (Å²) in [6, 6.07) is 6.97. The van der Waals surface area contributed by atoms with Crippen molar-refractivity contribution in [2.45, 2.75) is 19.3 Å². The van der Waals surface area contributed by atoms with Crippen LogP contribution >= 0.6 is 0 Å². The van der Waals surface area contributed by atoms with Gasteiger partial charge in [-0.05, 0) is 11.6 Å². The molecule has 0 saturated heterocycles. The number of carbonyl (C=O) groups excluding carboxylic acids is 1. The molecule has 0 radical (unpaired) electrons. The van der Waals surface area contributed by atoms with Gasteiger partial charge in [0.05, 0.1) is 5.56 Å². The molecule has 0 saturated carbocycles. The molecule has 0 unspecified atom stereocenters. The predicted octanol–water partition coefficient (Wildman–Crippen LogP) is 2.78. The van der Waals surface area contributed by atoms with E-state index < -0.39 is 5.97 Å². The largest absolute Gasteiger partial charge is 0.373 e. The van der Waals surface area contributed by atoms with Crippen molar-refractivity contribution in [3.8, 4) is 0 Å². The lowest BCUT2D eigenvalue weighted by Gasteiger charge is -2.22. The second-order valence-electron chi connectivity index (χ2n) is 3.85. The summed E-state index contributed by atoms with van der Waals surface area (Å²) >= 11 is 0.